The zero-order valence-electron chi connectivity index (χ0n) is 12.8. The SMILES string of the molecule is CC1CCN(C(=O)CC(C)C(C)(C)C)C(C(=O)O)C1. The van der Waals surface area contributed by atoms with Crippen molar-refractivity contribution in [2.75, 3.05) is 6.54 Å². The quantitative estimate of drug-likeness (QED) is 0.857. The van der Waals surface area contributed by atoms with Crippen molar-refractivity contribution in [2.24, 2.45) is 17.3 Å². The summed E-state index contributed by atoms with van der Waals surface area (Å²) in [5.74, 6) is -0.260. The van der Waals surface area contributed by atoms with E-state index >= 15 is 0 Å². The van der Waals surface area contributed by atoms with Crippen molar-refractivity contribution in [2.45, 2.75) is 59.9 Å². The highest BCUT2D eigenvalue weighted by Crippen LogP contribution is 2.30. The van der Waals surface area contributed by atoms with Gasteiger partial charge in [-0.3, -0.25) is 4.79 Å². The zero-order chi connectivity index (χ0) is 14.8. The molecule has 0 radical (unpaired) electrons. The number of rotatable bonds is 3. The summed E-state index contributed by atoms with van der Waals surface area (Å²) < 4.78 is 0. The molecule has 1 N–H and O–H groups in total. The predicted molar refractivity (Wildman–Crippen MR) is 74.8 cm³/mol. The number of amides is 1. The fraction of sp³-hybridized carbons (Fsp3) is 0.867. The van der Waals surface area contributed by atoms with Gasteiger partial charge in [-0.25, -0.2) is 4.79 Å². The molecule has 1 heterocycles. The average molecular weight is 269 g/mol. The molecule has 0 spiro atoms. The van der Waals surface area contributed by atoms with Crippen LogP contribution >= 0.6 is 0 Å². The number of piperidine rings is 1. The Labute approximate surface area is 116 Å². The predicted octanol–water partition coefficient (Wildman–Crippen LogP) is 2.77. The largest absolute Gasteiger partial charge is 0.480 e. The van der Waals surface area contributed by atoms with Crippen molar-refractivity contribution < 1.29 is 14.7 Å². The minimum absolute atomic E-state index is 0.0123. The molecule has 4 nitrogen and oxygen atoms in total. The van der Waals surface area contributed by atoms with Crippen LogP contribution in [0.1, 0.15) is 53.9 Å². The molecule has 0 aromatic heterocycles. The Morgan fingerprint density at radius 3 is 2.42 bits per heavy atom. The number of carboxylic acids is 1. The van der Waals surface area contributed by atoms with E-state index in [2.05, 4.69) is 34.6 Å². The average Bonchev–Trinajstić information content (AvgIpc) is 2.27. The molecule has 3 unspecified atom stereocenters. The topological polar surface area (TPSA) is 57.6 Å². The fourth-order valence-electron chi connectivity index (χ4n) is 2.36. The smallest absolute Gasteiger partial charge is 0.326 e. The van der Waals surface area contributed by atoms with Gasteiger partial charge in [0, 0.05) is 13.0 Å². The number of hydrogen-bond donors (Lipinski definition) is 1. The van der Waals surface area contributed by atoms with E-state index in [4.69, 9.17) is 0 Å². The molecule has 1 fully saturated rings. The van der Waals surface area contributed by atoms with E-state index in [0.29, 0.717) is 25.3 Å². The van der Waals surface area contributed by atoms with Gasteiger partial charge in [0.25, 0.3) is 0 Å². The highest BCUT2D eigenvalue weighted by molar-refractivity contribution is 5.84. The second-order valence-electron chi connectivity index (χ2n) is 7.04. The van der Waals surface area contributed by atoms with Crippen LogP contribution in [0.5, 0.6) is 0 Å². The molecule has 110 valence electrons. The number of carbonyl (C=O) groups excluding carboxylic acids is 1. The lowest BCUT2D eigenvalue weighted by Gasteiger charge is -2.37. The molecule has 1 aliphatic rings. The molecule has 1 amide bonds. The van der Waals surface area contributed by atoms with Gasteiger partial charge in [-0.2, -0.15) is 0 Å². The van der Waals surface area contributed by atoms with Gasteiger partial charge in [-0.05, 0) is 30.1 Å². The van der Waals surface area contributed by atoms with Crippen LogP contribution < -0.4 is 0 Å². The number of hydrogen-bond acceptors (Lipinski definition) is 2. The van der Waals surface area contributed by atoms with Crippen molar-refractivity contribution >= 4 is 11.9 Å². The van der Waals surface area contributed by atoms with Crippen molar-refractivity contribution in [3.63, 3.8) is 0 Å². The molecule has 1 aliphatic heterocycles. The van der Waals surface area contributed by atoms with Gasteiger partial charge >= 0.3 is 5.97 Å². The third kappa shape index (κ3) is 4.22. The summed E-state index contributed by atoms with van der Waals surface area (Å²) in [5, 5.41) is 9.28. The molecule has 19 heavy (non-hydrogen) atoms. The van der Waals surface area contributed by atoms with Crippen LogP contribution in [0.25, 0.3) is 0 Å². The summed E-state index contributed by atoms with van der Waals surface area (Å²) in [6.45, 7) is 11.0. The Kier molecular flexibility index (Phi) is 4.99. The maximum absolute atomic E-state index is 12.3. The summed E-state index contributed by atoms with van der Waals surface area (Å²) in [7, 11) is 0. The second kappa shape index (κ2) is 5.93. The third-order valence-electron chi connectivity index (χ3n) is 4.43. The highest BCUT2D eigenvalue weighted by Gasteiger charge is 2.35. The van der Waals surface area contributed by atoms with Crippen LogP contribution in [-0.4, -0.2) is 34.5 Å². The molecule has 0 aromatic carbocycles. The molecular formula is C15H27NO3. The first-order valence-electron chi connectivity index (χ1n) is 7.15. The number of nitrogens with zero attached hydrogens (tertiary/aromatic N) is 1. The third-order valence-corrected chi connectivity index (χ3v) is 4.43. The summed E-state index contributed by atoms with van der Waals surface area (Å²) >= 11 is 0. The molecule has 3 atom stereocenters. The number of aliphatic carboxylic acids is 1. The van der Waals surface area contributed by atoms with E-state index in [1.54, 1.807) is 4.90 Å². The lowest BCUT2D eigenvalue weighted by Crippen LogP contribution is -2.50. The molecule has 0 bridgehead atoms. The van der Waals surface area contributed by atoms with E-state index in [-0.39, 0.29) is 17.2 Å². The second-order valence-corrected chi connectivity index (χ2v) is 7.04. The summed E-state index contributed by atoms with van der Waals surface area (Å²) in [5.41, 5.74) is 0.0669. The normalized spacial score (nSPS) is 26.1. The van der Waals surface area contributed by atoms with Crippen LogP contribution in [0, 0.1) is 17.3 Å². The van der Waals surface area contributed by atoms with Crippen LogP contribution in [0.3, 0.4) is 0 Å². The van der Waals surface area contributed by atoms with Crippen LogP contribution in [0.2, 0.25) is 0 Å². The number of carboxylic acid groups (broad SMARTS) is 1. The lowest BCUT2D eigenvalue weighted by atomic mass is 9.79. The molecule has 1 rings (SSSR count). The Morgan fingerprint density at radius 2 is 1.95 bits per heavy atom. The van der Waals surface area contributed by atoms with Crippen molar-refractivity contribution in [3.05, 3.63) is 0 Å². The van der Waals surface area contributed by atoms with Crippen molar-refractivity contribution in [1.82, 2.24) is 4.90 Å². The molecule has 4 heteroatoms. The maximum atomic E-state index is 12.3. The number of likely N-dealkylation sites (tertiary alicyclic amines) is 1. The van der Waals surface area contributed by atoms with Crippen molar-refractivity contribution in [1.29, 1.82) is 0 Å². The Balaban J connectivity index is 2.71. The van der Waals surface area contributed by atoms with Crippen LogP contribution in [-0.2, 0) is 9.59 Å². The fourth-order valence-corrected chi connectivity index (χ4v) is 2.36. The standard InChI is InChI=1S/C15H27NO3/c1-10-6-7-16(12(8-10)14(18)19)13(17)9-11(2)15(3,4)5/h10-12H,6-9H2,1-5H3,(H,18,19). The highest BCUT2D eigenvalue weighted by atomic mass is 16.4. The summed E-state index contributed by atoms with van der Waals surface area (Å²) in [6.07, 6.45) is 1.91. The first-order valence-corrected chi connectivity index (χ1v) is 7.15. The van der Waals surface area contributed by atoms with Gasteiger partial charge in [0.2, 0.25) is 5.91 Å². The zero-order valence-corrected chi connectivity index (χ0v) is 12.8. The summed E-state index contributed by atoms with van der Waals surface area (Å²) in [6, 6.07) is -0.636. The Hall–Kier alpha value is -1.06. The Bertz CT molecular complexity index is 346. The van der Waals surface area contributed by atoms with Gasteiger partial charge in [0.05, 0.1) is 0 Å². The summed E-state index contributed by atoms with van der Waals surface area (Å²) in [4.78, 5) is 25.2. The lowest BCUT2D eigenvalue weighted by molar-refractivity contribution is -0.153. The van der Waals surface area contributed by atoms with E-state index < -0.39 is 12.0 Å². The first-order chi connectivity index (χ1) is 8.62. The number of carbonyl (C=O) groups is 2. The minimum Gasteiger partial charge on any atom is -0.480 e. The maximum Gasteiger partial charge on any atom is 0.326 e. The van der Waals surface area contributed by atoms with Crippen LogP contribution in [0.4, 0.5) is 0 Å². The van der Waals surface area contributed by atoms with E-state index in [1.807, 2.05) is 0 Å². The molecular weight excluding hydrogens is 242 g/mol. The molecule has 0 saturated carbocycles. The van der Waals surface area contributed by atoms with Gasteiger partial charge in [0.15, 0.2) is 0 Å². The molecule has 0 aliphatic carbocycles. The van der Waals surface area contributed by atoms with Crippen molar-refractivity contribution in [3.8, 4) is 0 Å². The van der Waals surface area contributed by atoms with Gasteiger partial charge < -0.3 is 10.0 Å². The van der Waals surface area contributed by atoms with Gasteiger partial charge in [0.1, 0.15) is 6.04 Å². The Morgan fingerprint density at radius 1 is 1.37 bits per heavy atom. The van der Waals surface area contributed by atoms with Gasteiger partial charge in [-0.1, -0.05) is 34.6 Å². The van der Waals surface area contributed by atoms with Crippen LogP contribution in [0.15, 0.2) is 0 Å². The van der Waals surface area contributed by atoms with E-state index in [9.17, 15) is 14.7 Å². The van der Waals surface area contributed by atoms with E-state index in [1.165, 1.54) is 0 Å². The molecule has 1 saturated heterocycles. The monoisotopic (exact) mass is 269 g/mol. The molecule has 0 aromatic rings. The van der Waals surface area contributed by atoms with Gasteiger partial charge in [-0.15, -0.1) is 0 Å². The first kappa shape index (κ1) is 16.0. The minimum atomic E-state index is -0.872. The van der Waals surface area contributed by atoms with E-state index in [0.717, 1.165) is 6.42 Å².